The molecule has 4 aromatic rings. The van der Waals surface area contributed by atoms with Gasteiger partial charge in [0.15, 0.2) is 10.9 Å². The van der Waals surface area contributed by atoms with Crippen LogP contribution in [0.4, 0.5) is 5.69 Å². The van der Waals surface area contributed by atoms with Crippen molar-refractivity contribution in [1.82, 2.24) is 25.1 Å². The third-order valence-corrected chi connectivity index (χ3v) is 6.00. The number of anilines is 1. The third kappa shape index (κ3) is 5.52. The first-order valence-electron chi connectivity index (χ1n) is 10.7. The number of hydrogen-bond acceptors (Lipinski definition) is 7. The van der Waals surface area contributed by atoms with E-state index in [4.69, 9.17) is 17.0 Å². The van der Waals surface area contributed by atoms with Crippen LogP contribution in [0, 0.1) is 0 Å². The van der Waals surface area contributed by atoms with E-state index in [-0.39, 0.29) is 11.0 Å². The Bertz CT molecular complexity index is 1270. The minimum atomic E-state index is -0.295. The van der Waals surface area contributed by atoms with Gasteiger partial charge in [0.2, 0.25) is 4.96 Å². The van der Waals surface area contributed by atoms with E-state index in [0.717, 1.165) is 46.3 Å². The molecule has 0 unspecified atom stereocenters. The molecule has 170 valence electrons. The van der Waals surface area contributed by atoms with Crippen molar-refractivity contribution in [2.75, 3.05) is 11.9 Å². The smallest absolute Gasteiger partial charge is 0.257 e. The number of nitrogens with one attached hydrogen (secondary N) is 2. The van der Waals surface area contributed by atoms with E-state index in [2.05, 4.69) is 32.9 Å². The normalized spacial score (nSPS) is 10.8. The summed E-state index contributed by atoms with van der Waals surface area (Å²) in [6.07, 6.45) is 2.79. The number of unbranched alkanes of at least 4 members (excludes halogenated alkanes) is 1. The van der Waals surface area contributed by atoms with Crippen molar-refractivity contribution in [3.8, 4) is 16.3 Å². The molecule has 0 aliphatic carbocycles. The number of rotatable bonds is 8. The van der Waals surface area contributed by atoms with Gasteiger partial charge in [-0.05, 0) is 61.1 Å². The summed E-state index contributed by atoms with van der Waals surface area (Å²) in [6, 6.07) is 14.7. The molecule has 2 heterocycles. The predicted molar refractivity (Wildman–Crippen MR) is 134 cm³/mol. The fourth-order valence-corrected chi connectivity index (χ4v) is 4.16. The second-order valence-electron chi connectivity index (χ2n) is 7.29. The molecule has 10 heteroatoms. The number of carbonyl (C=O) groups is 1. The zero-order chi connectivity index (χ0) is 23.2. The number of hydrogen-bond donors (Lipinski definition) is 2. The van der Waals surface area contributed by atoms with Gasteiger partial charge in [-0.15, -0.1) is 10.2 Å². The monoisotopic (exact) mass is 480 g/mol. The quantitative estimate of drug-likeness (QED) is 0.278. The highest BCUT2D eigenvalue weighted by atomic mass is 32.1. The van der Waals surface area contributed by atoms with E-state index in [1.165, 1.54) is 11.3 Å². The minimum Gasteiger partial charge on any atom is -0.494 e. The molecule has 33 heavy (non-hydrogen) atoms. The van der Waals surface area contributed by atoms with Gasteiger partial charge in [0, 0.05) is 23.2 Å². The first-order valence-corrected chi connectivity index (χ1v) is 12.0. The van der Waals surface area contributed by atoms with Crippen LogP contribution in [-0.2, 0) is 6.42 Å². The third-order valence-electron chi connectivity index (χ3n) is 4.85. The molecule has 0 radical (unpaired) electrons. The lowest BCUT2D eigenvalue weighted by atomic mass is 10.2. The molecule has 0 saturated carbocycles. The van der Waals surface area contributed by atoms with E-state index in [9.17, 15) is 4.79 Å². The van der Waals surface area contributed by atoms with E-state index in [1.54, 1.807) is 22.7 Å². The highest BCUT2D eigenvalue weighted by Gasteiger charge is 2.12. The van der Waals surface area contributed by atoms with E-state index in [1.807, 2.05) is 37.3 Å². The van der Waals surface area contributed by atoms with Gasteiger partial charge in [-0.3, -0.25) is 10.1 Å². The lowest BCUT2D eigenvalue weighted by Gasteiger charge is -2.11. The van der Waals surface area contributed by atoms with Crippen LogP contribution < -0.4 is 15.4 Å². The van der Waals surface area contributed by atoms with Gasteiger partial charge < -0.3 is 10.1 Å². The van der Waals surface area contributed by atoms with E-state index >= 15 is 0 Å². The Hall–Kier alpha value is -3.37. The Morgan fingerprint density at radius 1 is 1.15 bits per heavy atom. The van der Waals surface area contributed by atoms with Crippen molar-refractivity contribution in [3.05, 3.63) is 59.9 Å². The van der Waals surface area contributed by atoms with Crippen molar-refractivity contribution < 1.29 is 9.53 Å². The fraction of sp³-hybridized carbons (Fsp3) is 0.261. The zero-order valence-electron chi connectivity index (χ0n) is 18.4. The van der Waals surface area contributed by atoms with Crippen LogP contribution in [-0.4, -0.2) is 37.4 Å². The standard InChI is InChI=1S/C23H24N6O2S2/c1-3-5-13-31-18-8-6-7-16(14-18)20(30)25-22(32)24-17-11-9-15(10-12-17)21-28-29-19(4-2)26-27-23(29)33-21/h6-12,14H,3-5,13H2,1-2H3,(H2,24,25,30,32). The number of aromatic nitrogens is 4. The summed E-state index contributed by atoms with van der Waals surface area (Å²) in [5.41, 5.74) is 2.21. The number of ether oxygens (including phenoxy) is 1. The van der Waals surface area contributed by atoms with Gasteiger partial charge in [0.1, 0.15) is 10.8 Å². The largest absolute Gasteiger partial charge is 0.494 e. The van der Waals surface area contributed by atoms with Gasteiger partial charge in [0.25, 0.3) is 5.91 Å². The Morgan fingerprint density at radius 3 is 2.73 bits per heavy atom. The fourth-order valence-electron chi connectivity index (χ4n) is 3.09. The van der Waals surface area contributed by atoms with E-state index < -0.39 is 0 Å². The highest BCUT2D eigenvalue weighted by Crippen LogP contribution is 2.26. The summed E-state index contributed by atoms with van der Waals surface area (Å²) >= 11 is 6.80. The Balaban J connectivity index is 1.36. The maximum absolute atomic E-state index is 12.6. The number of nitrogens with zero attached hydrogens (tertiary/aromatic N) is 4. The summed E-state index contributed by atoms with van der Waals surface area (Å²) in [5, 5.41) is 19.7. The van der Waals surface area contributed by atoms with Crippen molar-refractivity contribution in [2.24, 2.45) is 0 Å². The summed E-state index contributed by atoms with van der Waals surface area (Å²) in [5.74, 6) is 1.21. The average Bonchev–Trinajstić information content (AvgIpc) is 3.41. The molecule has 2 aromatic carbocycles. The molecule has 0 bridgehead atoms. The van der Waals surface area contributed by atoms with Crippen LogP contribution in [0.1, 0.15) is 42.9 Å². The molecule has 1 amide bonds. The molecule has 0 aliphatic rings. The summed E-state index contributed by atoms with van der Waals surface area (Å²) < 4.78 is 7.45. The van der Waals surface area contributed by atoms with Crippen molar-refractivity contribution in [2.45, 2.75) is 33.1 Å². The maximum atomic E-state index is 12.6. The Kier molecular flexibility index (Phi) is 7.26. The first kappa shape index (κ1) is 22.8. The van der Waals surface area contributed by atoms with Crippen LogP contribution in [0.5, 0.6) is 5.75 Å². The lowest BCUT2D eigenvalue weighted by molar-refractivity contribution is 0.0977. The molecule has 0 fully saturated rings. The first-order chi connectivity index (χ1) is 16.1. The van der Waals surface area contributed by atoms with Crippen LogP contribution in [0.25, 0.3) is 15.5 Å². The summed E-state index contributed by atoms with van der Waals surface area (Å²) in [6.45, 7) is 4.75. The molecule has 2 N–H and O–H groups in total. The van der Waals surface area contributed by atoms with Gasteiger partial charge in [0.05, 0.1) is 6.61 Å². The summed E-state index contributed by atoms with van der Waals surface area (Å²) in [7, 11) is 0. The molecule has 0 aliphatic heterocycles. The second-order valence-corrected chi connectivity index (χ2v) is 8.65. The molecule has 4 rings (SSSR count). The number of benzene rings is 2. The topological polar surface area (TPSA) is 93.4 Å². The van der Waals surface area contributed by atoms with Gasteiger partial charge in [-0.25, -0.2) is 0 Å². The number of carbonyl (C=O) groups excluding carboxylic acids is 1. The maximum Gasteiger partial charge on any atom is 0.257 e. The van der Waals surface area contributed by atoms with Gasteiger partial charge >= 0.3 is 0 Å². The van der Waals surface area contributed by atoms with Crippen molar-refractivity contribution in [1.29, 1.82) is 0 Å². The van der Waals surface area contributed by atoms with Crippen molar-refractivity contribution >= 4 is 45.2 Å². The lowest BCUT2D eigenvalue weighted by Crippen LogP contribution is -2.34. The van der Waals surface area contributed by atoms with Crippen LogP contribution in [0.2, 0.25) is 0 Å². The highest BCUT2D eigenvalue weighted by molar-refractivity contribution is 7.80. The SMILES string of the molecule is CCCCOc1cccc(C(=O)NC(=S)Nc2ccc(-c3nn4c(CC)nnc4s3)cc2)c1. The van der Waals surface area contributed by atoms with Crippen LogP contribution in [0.15, 0.2) is 48.5 Å². The molecular weight excluding hydrogens is 456 g/mol. The predicted octanol–water partition coefficient (Wildman–Crippen LogP) is 4.72. The van der Waals surface area contributed by atoms with Gasteiger partial charge in [-0.1, -0.05) is 37.7 Å². The average molecular weight is 481 g/mol. The minimum absolute atomic E-state index is 0.219. The number of aryl methyl sites for hydroxylation is 1. The number of amides is 1. The summed E-state index contributed by atoms with van der Waals surface area (Å²) in [4.78, 5) is 13.3. The van der Waals surface area contributed by atoms with E-state index in [0.29, 0.717) is 17.9 Å². The molecular formula is C23H24N6O2S2. The van der Waals surface area contributed by atoms with Crippen LogP contribution in [0.3, 0.4) is 0 Å². The van der Waals surface area contributed by atoms with Crippen LogP contribution >= 0.6 is 23.6 Å². The molecule has 0 saturated heterocycles. The Morgan fingerprint density at radius 2 is 1.97 bits per heavy atom. The molecule has 2 aromatic heterocycles. The zero-order valence-corrected chi connectivity index (χ0v) is 20.0. The Labute approximate surface area is 201 Å². The van der Waals surface area contributed by atoms with Gasteiger partial charge in [-0.2, -0.15) is 9.61 Å². The molecule has 8 nitrogen and oxygen atoms in total. The number of fused-ring (bicyclic) bond motifs is 1. The van der Waals surface area contributed by atoms with Crippen molar-refractivity contribution in [3.63, 3.8) is 0 Å². The number of thiocarbonyl (C=S) groups is 1. The molecule has 0 spiro atoms. The second kappa shape index (κ2) is 10.5. The molecule has 0 atom stereocenters.